The molecule has 1 aliphatic heterocycles. The number of nitrogens with zero attached hydrogens (tertiary/aromatic N) is 4. The first kappa shape index (κ1) is 18.5. The summed E-state index contributed by atoms with van der Waals surface area (Å²) >= 11 is 1.34. The number of hydrogen-bond acceptors (Lipinski definition) is 5. The van der Waals surface area contributed by atoms with Crippen LogP contribution in [0.25, 0.3) is 5.95 Å². The van der Waals surface area contributed by atoms with Crippen LogP contribution < -0.4 is 5.32 Å². The molecule has 10 heteroatoms. The number of fused-ring (bicyclic) bond motifs is 1. The molecule has 1 atom stereocenters. The number of aryl methyl sites for hydroxylation is 1. The molecule has 0 aliphatic carbocycles. The van der Waals surface area contributed by atoms with Crippen molar-refractivity contribution in [3.05, 3.63) is 65.1 Å². The maximum atomic E-state index is 12.9. The molecule has 4 rings (SSSR count). The van der Waals surface area contributed by atoms with Crippen molar-refractivity contribution in [3.8, 4) is 5.95 Å². The standard InChI is InChI=1S/C18H14F3N5OS/c1-10-14-15(11-3-5-12(6-4-11)18(19,20)21)28-9-13(27)24-16(14)26(25-10)17-22-7-2-8-23-17/h2-8,15H,9H2,1H3,(H,24,27)/t15-/m0/s1. The molecule has 6 nitrogen and oxygen atoms in total. The average molecular weight is 405 g/mol. The van der Waals surface area contributed by atoms with Gasteiger partial charge in [-0.1, -0.05) is 12.1 Å². The zero-order valence-corrected chi connectivity index (χ0v) is 15.4. The van der Waals surface area contributed by atoms with Crippen LogP contribution in [0.15, 0.2) is 42.7 Å². The van der Waals surface area contributed by atoms with Gasteiger partial charge >= 0.3 is 6.18 Å². The number of rotatable bonds is 2. The molecule has 0 fully saturated rings. The van der Waals surface area contributed by atoms with E-state index in [1.807, 2.05) is 0 Å². The Bertz CT molecular complexity index is 1020. The monoisotopic (exact) mass is 405 g/mol. The van der Waals surface area contributed by atoms with Crippen LogP contribution in [-0.4, -0.2) is 31.4 Å². The lowest BCUT2D eigenvalue weighted by Crippen LogP contribution is -2.16. The first-order chi connectivity index (χ1) is 13.3. The Morgan fingerprint density at radius 3 is 2.50 bits per heavy atom. The first-order valence-electron chi connectivity index (χ1n) is 8.30. The quantitative estimate of drug-likeness (QED) is 0.703. The number of aromatic nitrogens is 4. The molecule has 1 amide bonds. The van der Waals surface area contributed by atoms with E-state index in [0.29, 0.717) is 23.0 Å². The minimum absolute atomic E-state index is 0.162. The third kappa shape index (κ3) is 3.35. The molecule has 1 N–H and O–H groups in total. The maximum Gasteiger partial charge on any atom is 0.416 e. The number of carbonyl (C=O) groups excluding carboxylic acids is 1. The molecule has 2 aromatic heterocycles. The molecule has 28 heavy (non-hydrogen) atoms. The molecule has 0 saturated heterocycles. The summed E-state index contributed by atoms with van der Waals surface area (Å²) in [6, 6.07) is 6.65. The number of nitrogens with one attached hydrogen (secondary N) is 1. The van der Waals surface area contributed by atoms with Gasteiger partial charge in [-0.2, -0.15) is 23.0 Å². The van der Waals surface area contributed by atoms with E-state index in [9.17, 15) is 18.0 Å². The smallest absolute Gasteiger partial charge is 0.309 e. The van der Waals surface area contributed by atoms with Gasteiger partial charge in [-0.3, -0.25) is 4.79 Å². The largest absolute Gasteiger partial charge is 0.416 e. The van der Waals surface area contributed by atoms with Crippen molar-refractivity contribution >= 4 is 23.5 Å². The molecule has 0 saturated carbocycles. The Morgan fingerprint density at radius 1 is 1.18 bits per heavy atom. The number of carbonyl (C=O) groups is 1. The summed E-state index contributed by atoms with van der Waals surface area (Å²) in [7, 11) is 0. The highest BCUT2D eigenvalue weighted by Crippen LogP contribution is 2.44. The maximum absolute atomic E-state index is 12.9. The molecule has 1 aromatic carbocycles. The SMILES string of the molecule is Cc1nn(-c2ncccn2)c2c1[C@H](c1ccc(C(F)(F)F)cc1)SCC(=O)N2. The highest BCUT2D eigenvalue weighted by molar-refractivity contribution is 8.00. The van der Waals surface area contributed by atoms with Crippen molar-refractivity contribution in [3.63, 3.8) is 0 Å². The summed E-state index contributed by atoms with van der Waals surface area (Å²) in [5.41, 5.74) is 1.31. The molecule has 0 unspecified atom stereocenters. The van der Waals surface area contributed by atoms with E-state index in [1.54, 1.807) is 25.4 Å². The fraction of sp³-hybridized carbons (Fsp3) is 0.222. The number of benzene rings is 1. The average Bonchev–Trinajstić information content (AvgIpc) is 2.88. The molecule has 144 valence electrons. The van der Waals surface area contributed by atoms with Gasteiger partial charge in [0, 0.05) is 18.0 Å². The van der Waals surface area contributed by atoms with Crippen molar-refractivity contribution < 1.29 is 18.0 Å². The first-order valence-corrected chi connectivity index (χ1v) is 9.35. The van der Waals surface area contributed by atoms with Crippen LogP contribution in [0, 0.1) is 6.92 Å². The van der Waals surface area contributed by atoms with Gasteiger partial charge in [0.2, 0.25) is 5.91 Å². The van der Waals surface area contributed by atoms with Crippen LogP contribution in [0.4, 0.5) is 19.0 Å². The predicted molar refractivity (Wildman–Crippen MR) is 98.3 cm³/mol. The van der Waals surface area contributed by atoms with Gasteiger partial charge in [0.25, 0.3) is 5.95 Å². The van der Waals surface area contributed by atoms with Gasteiger partial charge in [-0.25, -0.2) is 9.97 Å². The number of thioether (sulfide) groups is 1. The normalized spacial score (nSPS) is 17.0. The van der Waals surface area contributed by atoms with Crippen LogP contribution in [0.3, 0.4) is 0 Å². The lowest BCUT2D eigenvalue weighted by Gasteiger charge is -2.16. The van der Waals surface area contributed by atoms with Crippen LogP contribution in [0.2, 0.25) is 0 Å². The van der Waals surface area contributed by atoms with Crippen molar-refractivity contribution in [1.82, 2.24) is 19.7 Å². The van der Waals surface area contributed by atoms with Gasteiger partial charge in [-0.05, 0) is 30.7 Å². The minimum Gasteiger partial charge on any atom is -0.309 e. The van der Waals surface area contributed by atoms with Gasteiger partial charge < -0.3 is 5.32 Å². The summed E-state index contributed by atoms with van der Waals surface area (Å²) < 4.78 is 40.1. The zero-order chi connectivity index (χ0) is 19.9. The number of hydrogen-bond donors (Lipinski definition) is 1. The summed E-state index contributed by atoms with van der Waals surface area (Å²) in [5.74, 6) is 0.668. The number of halogens is 3. The van der Waals surface area contributed by atoms with E-state index in [0.717, 1.165) is 17.7 Å². The summed E-state index contributed by atoms with van der Waals surface area (Å²) in [6.45, 7) is 1.79. The van der Waals surface area contributed by atoms with Crippen molar-refractivity contribution in [2.75, 3.05) is 11.1 Å². The van der Waals surface area contributed by atoms with E-state index in [-0.39, 0.29) is 16.9 Å². The minimum atomic E-state index is -4.40. The second-order valence-electron chi connectivity index (χ2n) is 6.17. The van der Waals surface area contributed by atoms with E-state index in [1.165, 1.54) is 28.6 Å². The topological polar surface area (TPSA) is 72.7 Å². The van der Waals surface area contributed by atoms with Crippen LogP contribution in [0.1, 0.15) is 27.6 Å². The van der Waals surface area contributed by atoms with Gasteiger partial charge in [0.1, 0.15) is 5.82 Å². The summed E-state index contributed by atoms with van der Waals surface area (Å²) in [6.07, 6.45) is -1.28. The van der Waals surface area contributed by atoms with E-state index >= 15 is 0 Å². The lowest BCUT2D eigenvalue weighted by molar-refractivity contribution is -0.137. The number of alkyl halides is 3. The molecular weight excluding hydrogens is 391 g/mol. The van der Waals surface area contributed by atoms with Crippen molar-refractivity contribution in [1.29, 1.82) is 0 Å². The van der Waals surface area contributed by atoms with Crippen molar-refractivity contribution in [2.45, 2.75) is 18.3 Å². The molecule has 1 aliphatic rings. The number of anilines is 1. The summed E-state index contributed by atoms with van der Waals surface area (Å²) in [4.78, 5) is 20.6. The fourth-order valence-corrected chi connectivity index (χ4v) is 4.23. The van der Waals surface area contributed by atoms with Crippen LogP contribution in [-0.2, 0) is 11.0 Å². The summed E-state index contributed by atoms with van der Waals surface area (Å²) in [5, 5.41) is 6.93. The number of amides is 1. The van der Waals surface area contributed by atoms with E-state index < -0.39 is 11.7 Å². The van der Waals surface area contributed by atoms with Gasteiger partial charge in [0.05, 0.1) is 22.3 Å². The Morgan fingerprint density at radius 2 is 1.86 bits per heavy atom. The third-order valence-electron chi connectivity index (χ3n) is 4.29. The Labute approximate surface area is 162 Å². The van der Waals surface area contributed by atoms with E-state index in [4.69, 9.17) is 0 Å². The van der Waals surface area contributed by atoms with Crippen molar-refractivity contribution in [2.24, 2.45) is 0 Å². The highest BCUT2D eigenvalue weighted by atomic mass is 32.2. The van der Waals surface area contributed by atoms with Crippen LogP contribution >= 0.6 is 11.8 Å². The molecule has 0 bridgehead atoms. The van der Waals surface area contributed by atoms with E-state index in [2.05, 4.69) is 20.4 Å². The second kappa shape index (κ2) is 6.93. The lowest BCUT2D eigenvalue weighted by atomic mass is 10.0. The van der Waals surface area contributed by atoms with Gasteiger partial charge in [0.15, 0.2) is 0 Å². The third-order valence-corrected chi connectivity index (χ3v) is 5.56. The zero-order valence-electron chi connectivity index (χ0n) is 14.6. The second-order valence-corrected chi connectivity index (χ2v) is 7.26. The molecular formula is C18H14F3N5OS. The molecule has 3 aromatic rings. The molecule has 0 radical (unpaired) electrons. The Balaban J connectivity index is 1.82. The Hall–Kier alpha value is -2.88. The molecule has 0 spiro atoms. The fourth-order valence-electron chi connectivity index (χ4n) is 3.04. The van der Waals surface area contributed by atoms with Crippen LogP contribution in [0.5, 0.6) is 0 Å². The molecule has 3 heterocycles. The van der Waals surface area contributed by atoms with Gasteiger partial charge in [-0.15, -0.1) is 11.8 Å². The Kier molecular flexibility index (Phi) is 4.58. The highest BCUT2D eigenvalue weighted by Gasteiger charge is 2.33. The predicted octanol–water partition coefficient (Wildman–Crippen LogP) is 3.76.